The molecule has 0 aliphatic rings. The molecule has 3 rings (SSSR count). The zero-order valence-electron chi connectivity index (χ0n) is 13.9. The molecule has 0 aliphatic carbocycles. The average molecular weight is 434 g/mol. The van der Waals surface area contributed by atoms with Crippen molar-refractivity contribution in [3.63, 3.8) is 0 Å². The lowest BCUT2D eigenvalue weighted by molar-refractivity contribution is -0.132. The first-order chi connectivity index (χ1) is 12.3. The number of carboxylic acids is 1. The Hall–Kier alpha value is -2.38. The largest absolute Gasteiger partial charge is 0.478 e. The van der Waals surface area contributed by atoms with Crippen LogP contribution >= 0.6 is 15.9 Å². The van der Waals surface area contributed by atoms with Crippen LogP contribution in [0.1, 0.15) is 19.0 Å². The number of hydrogen-bond acceptors (Lipinski definition) is 3. The van der Waals surface area contributed by atoms with Gasteiger partial charge in [-0.25, -0.2) is 17.2 Å². The minimum atomic E-state index is -3.89. The molecular weight excluding hydrogens is 418 g/mol. The Morgan fingerprint density at radius 2 is 1.81 bits per heavy atom. The lowest BCUT2D eigenvalue weighted by Crippen LogP contribution is -2.14. The summed E-state index contributed by atoms with van der Waals surface area (Å²) in [7, 11) is -3.89. The Labute approximate surface area is 159 Å². The Kier molecular flexibility index (Phi) is 5.02. The van der Waals surface area contributed by atoms with Gasteiger partial charge in [-0.2, -0.15) is 0 Å². The van der Waals surface area contributed by atoms with E-state index < -0.39 is 16.0 Å². The molecule has 2 aromatic carbocycles. The summed E-state index contributed by atoms with van der Waals surface area (Å²) in [5, 5.41) is 10.0. The minimum Gasteiger partial charge on any atom is -0.478 e. The SMILES string of the molecule is CCC(=Cc1cc2ccccc2n1S(=O)(=O)c1ccc(Br)cc1)C(=O)O. The maximum Gasteiger partial charge on any atom is 0.331 e. The molecule has 0 aliphatic heterocycles. The highest BCUT2D eigenvalue weighted by Crippen LogP contribution is 2.28. The van der Waals surface area contributed by atoms with Gasteiger partial charge in [0, 0.05) is 15.4 Å². The third-order valence-electron chi connectivity index (χ3n) is 4.02. The fourth-order valence-electron chi connectivity index (χ4n) is 2.73. The fraction of sp³-hybridized carbons (Fsp3) is 0.105. The van der Waals surface area contributed by atoms with Gasteiger partial charge in [0.15, 0.2) is 0 Å². The zero-order valence-corrected chi connectivity index (χ0v) is 16.3. The lowest BCUT2D eigenvalue weighted by atomic mass is 10.1. The van der Waals surface area contributed by atoms with Crippen molar-refractivity contribution in [2.75, 3.05) is 0 Å². The number of hydrogen-bond donors (Lipinski definition) is 1. The molecule has 1 N–H and O–H groups in total. The van der Waals surface area contributed by atoms with E-state index in [0.717, 1.165) is 9.86 Å². The van der Waals surface area contributed by atoms with Crippen LogP contribution in [-0.2, 0) is 14.8 Å². The highest BCUT2D eigenvalue weighted by atomic mass is 79.9. The van der Waals surface area contributed by atoms with Crippen molar-refractivity contribution < 1.29 is 18.3 Å². The van der Waals surface area contributed by atoms with Crippen LogP contribution < -0.4 is 0 Å². The molecule has 0 saturated heterocycles. The number of para-hydroxylation sites is 1. The number of carbonyl (C=O) groups is 1. The predicted octanol–water partition coefficient (Wildman–Crippen LogP) is 4.52. The second kappa shape index (κ2) is 7.09. The Morgan fingerprint density at radius 1 is 1.15 bits per heavy atom. The molecule has 0 bridgehead atoms. The van der Waals surface area contributed by atoms with E-state index in [1.165, 1.54) is 22.2 Å². The number of fused-ring (bicyclic) bond motifs is 1. The summed E-state index contributed by atoms with van der Waals surface area (Å²) in [6.07, 6.45) is 1.70. The van der Waals surface area contributed by atoms with Crippen molar-refractivity contribution in [1.82, 2.24) is 3.97 Å². The van der Waals surface area contributed by atoms with Crippen LogP contribution in [0.4, 0.5) is 0 Å². The van der Waals surface area contributed by atoms with Crippen molar-refractivity contribution in [3.05, 3.63) is 70.3 Å². The molecule has 7 heteroatoms. The van der Waals surface area contributed by atoms with Crippen molar-refractivity contribution in [2.24, 2.45) is 0 Å². The van der Waals surface area contributed by atoms with Gasteiger partial charge in [0.1, 0.15) is 0 Å². The summed E-state index contributed by atoms with van der Waals surface area (Å²) in [5.41, 5.74) is 0.955. The molecule has 0 fully saturated rings. The van der Waals surface area contributed by atoms with E-state index in [1.807, 2.05) is 6.07 Å². The number of aromatic nitrogens is 1. The number of carboxylic acid groups (broad SMARTS) is 1. The number of benzene rings is 2. The number of aliphatic carboxylic acids is 1. The van der Waals surface area contributed by atoms with Crippen molar-refractivity contribution in [3.8, 4) is 0 Å². The summed E-state index contributed by atoms with van der Waals surface area (Å²) in [5.74, 6) is -1.06. The van der Waals surface area contributed by atoms with Gasteiger partial charge in [0.25, 0.3) is 10.0 Å². The van der Waals surface area contributed by atoms with E-state index in [4.69, 9.17) is 0 Å². The Morgan fingerprint density at radius 3 is 2.42 bits per heavy atom. The first-order valence-electron chi connectivity index (χ1n) is 7.90. The molecule has 3 aromatic rings. The van der Waals surface area contributed by atoms with Gasteiger partial charge in [-0.05, 0) is 48.9 Å². The molecule has 0 radical (unpaired) electrons. The van der Waals surface area contributed by atoms with Gasteiger partial charge in [-0.1, -0.05) is 41.1 Å². The van der Waals surface area contributed by atoms with E-state index in [1.54, 1.807) is 43.3 Å². The summed E-state index contributed by atoms with van der Waals surface area (Å²) in [6, 6.07) is 15.1. The molecule has 1 heterocycles. The van der Waals surface area contributed by atoms with Crippen LogP contribution in [0.25, 0.3) is 17.0 Å². The van der Waals surface area contributed by atoms with E-state index >= 15 is 0 Å². The molecule has 0 unspecified atom stereocenters. The van der Waals surface area contributed by atoms with Gasteiger partial charge in [-0.3, -0.25) is 0 Å². The first-order valence-corrected chi connectivity index (χ1v) is 10.1. The van der Waals surface area contributed by atoms with Crippen molar-refractivity contribution in [1.29, 1.82) is 0 Å². The second-order valence-electron chi connectivity index (χ2n) is 5.68. The van der Waals surface area contributed by atoms with Gasteiger partial charge in [-0.15, -0.1) is 0 Å². The molecule has 0 amide bonds. The molecular formula is C19H16BrNO4S. The first kappa shape index (κ1) is 18.4. The van der Waals surface area contributed by atoms with Crippen molar-refractivity contribution >= 4 is 48.9 Å². The predicted molar refractivity (Wildman–Crippen MR) is 105 cm³/mol. The normalized spacial score (nSPS) is 12.5. The van der Waals surface area contributed by atoms with Gasteiger partial charge in [0.2, 0.25) is 0 Å². The number of rotatable bonds is 5. The Bertz CT molecular complexity index is 1110. The highest BCUT2D eigenvalue weighted by Gasteiger charge is 2.23. The van der Waals surface area contributed by atoms with Crippen LogP contribution in [0.5, 0.6) is 0 Å². The number of halogens is 1. The van der Waals surface area contributed by atoms with E-state index in [0.29, 0.717) is 11.2 Å². The van der Waals surface area contributed by atoms with Gasteiger partial charge in [0.05, 0.1) is 16.1 Å². The molecule has 134 valence electrons. The minimum absolute atomic E-state index is 0.130. The molecule has 0 spiro atoms. The smallest absolute Gasteiger partial charge is 0.331 e. The molecule has 0 atom stereocenters. The standard InChI is InChI=1S/C19H16BrNO4S/c1-2-13(19(22)23)11-16-12-14-5-3-4-6-18(14)21(16)26(24,25)17-9-7-15(20)8-10-17/h3-12H,2H2,1H3,(H,22,23). The van der Waals surface area contributed by atoms with E-state index in [-0.39, 0.29) is 16.9 Å². The average Bonchev–Trinajstić information content (AvgIpc) is 2.98. The molecule has 0 saturated carbocycles. The summed E-state index contributed by atoms with van der Waals surface area (Å²) in [4.78, 5) is 11.5. The summed E-state index contributed by atoms with van der Waals surface area (Å²) < 4.78 is 28.5. The zero-order chi connectivity index (χ0) is 18.9. The second-order valence-corrected chi connectivity index (χ2v) is 8.38. The van der Waals surface area contributed by atoms with Crippen LogP contribution in [0.2, 0.25) is 0 Å². The van der Waals surface area contributed by atoms with Gasteiger partial charge < -0.3 is 5.11 Å². The third kappa shape index (κ3) is 3.32. The summed E-state index contributed by atoms with van der Waals surface area (Å²) >= 11 is 3.30. The van der Waals surface area contributed by atoms with E-state index in [9.17, 15) is 18.3 Å². The highest BCUT2D eigenvalue weighted by molar-refractivity contribution is 9.10. The Balaban J connectivity index is 2.32. The van der Waals surface area contributed by atoms with Crippen LogP contribution in [0.15, 0.2) is 69.5 Å². The van der Waals surface area contributed by atoms with Crippen LogP contribution in [0, 0.1) is 0 Å². The fourth-order valence-corrected chi connectivity index (χ4v) is 4.49. The monoisotopic (exact) mass is 433 g/mol. The molecule has 5 nitrogen and oxygen atoms in total. The van der Waals surface area contributed by atoms with Crippen LogP contribution in [-0.4, -0.2) is 23.5 Å². The van der Waals surface area contributed by atoms with E-state index in [2.05, 4.69) is 15.9 Å². The maximum absolute atomic E-state index is 13.3. The molecule has 26 heavy (non-hydrogen) atoms. The third-order valence-corrected chi connectivity index (χ3v) is 6.31. The van der Waals surface area contributed by atoms with Crippen LogP contribution in [0.3, 0.4) is 0 Å². The summed E-state index contributed by atoms with van der Waals surface area (Å²) in [6.45, 7) is 1.72. The lowest BCUT2D eigenvalue weighted by Gasteiger charge is -2.11. The quantitative estimate of drug-likeness (QED) is 0.600. The van der Waals surface area contributed by atoms with Gasteiger partial charge >= 0.3 is 5.97 Å². The number of nitrogens with zero attached hydrogens (tertiary/aromatic N) is 1. The maximum atomic E-state index is 13.3. The van der Waals surface area contributed by atoms with Crippen molar-refractivity contribution in [2.45, 2.75) is 18.2 Å². The topological polar surface area (TPSA) is 76.4 Å². The molecule has 1 aromatic heterocycles.